The zero-order valence-electron chi connectivity index (χ0n) is 14.2. The minimum atomic E-state index is 0.135. The van der Waals surface area contributed by atoms with Gasteiger partial charge in [0.15, 0.2) is 5.78 Å². The maximum absolute atomic E-state index is 12.1. The van der Waals surface area contributed by atoms with Crippen molar-refractivity contribution in [3.63, 3.8) is 0 Å². The van der Waals surface area contributed by atoms with Crippen molar-refractivity contribution in [2.24, 2.45) is 34.5 Å². The summed E-state index contributed by atoms with van der Waals surface area (Å²) in [5.74, 6) is 3.14. The van der Waals surface area contributed by atoms with Crippen molar-refractivity contribution in [2.45, 2.75) is 65.7 Å². The zero-order chi connectivity index (χ0) is 15.7. The van der Waals surface area contributed by atoms with Gasteiger partial charge in [-0.2, -0.15) is 0 Å². The third-order valence-corrected chi connectivity index (χ3v) is 8.10. The maximum atomic E-state index is 12.1. The van der Waals surface area contributed by atoms with Gasteiger partial charge in [-0.3, -0.25) is 9.59 Å². The first-order valence-electron chi connectivity index (χ1n) is 9.10. The van der Waals surface area contributed by atoms with E-state index in [0.29, 0.717) is 23.4 Å². The Kier molecular flexibility index (Phi) is 3.03. The molecule has 2 heteroatoms. The zero-order valence-corrected chi connectivity index (χ0v) is 14.2. The molecule has 120 valence electrons. The van der Waals surface area contributed by atoms with Crippen molar-refractivity contribution in [3.8, 4) is 0 Å². The summed E-state index contributed by atoms with van der Waals surface area (Å²) in [5, 5.41) is 0. The third-order valence-electron chi connectivity index (χ3n) is 8.10. The van der Waals surface area contributed by atoms with Crippen LogP contribution in [0.4, 0.5) is 0 Å². The Balaban J connectivity index is 1.67. The van der Waals surface area contributed by atoms with Gasteiger partial charge in [0.25, 0.3) is 0 Å². The molecule has 0 heterocycles. The van der Waals surface area contributed by atoms with E-state index in [9.17, 15) is 9.59 Å². The average molecular weight is 300 g/mol. The van der Waals surface area contributed by atoms with Gasteiger partial charge in [-0.05, 0) is 80.1 Å². The van der Waals surface area contributed by atoms with Crippen LogP contribution in [0.5, 0.6) is 0 Å². The van der Waals surface area contributed by atoms with Crippen molar-refractivity contribution in [2.75, 3.05) is 0 Å². The van der Waals surface area contributed by atoms with Crippen LogP contribution in [0.15, 0.2) is 11.6 Å². The van der Waals surface area contributed by atoms with Gasteiger partial charge in [0.2, 0.25) is 0 Å². The Morgan fingerprint density at radius 1 is 1.14 bits per heavy atom. The third kappa shape index (κ3) is 1.73. The van der Waals surface area contributed by atoms with Crippen LogP contribution in [0.2, 0.25) is 0 Å². The Morgan fingerprint density at radius 3 is 2.64 bits per heavy atom. The molecule has 4 aliphatic carbocycles. The fourth-order valence-corrected chi connectivity index (χ4v) is 7.08. The van der Waals surface area contributed by atoms with Crippen molar-refractivity contribution >= 4 is 11.6 Å². The largest absolute Gasteiger partial charge is 0.300 e. The number of hydrogen-bond acceptors (Lipinski definition) is 2. The first-order valence-corrected chi connectivity index (χ1v) is 9.10. The molecule has 0 aromatic heterocycles. The topological polar surface area (TPSA) is 34.1 Å². The number of allylic oxidation sites excluding steroid dienone is 2. The summed E-state index contributed by atoms with van der Waals surface area (Å²) in [5.41, 5.74) is 1.80. The molecule has 4 aliphatic rings. The summed E-state index contributed by atoms with van der Waals surface area (Å²) >= 11 is 0. The highest BCUT2D eigenvalue weighted by Gasteiger charge is 2.60. The molecule has 0 radical (unpaired) electrons. The van der Waals surface area contributed by atoms with E-state index in [1.165, 1.54) is 31.3 Å². The van der Waals surface area contributed by atoms with E-state index in [-0.39, 0.29) is 16.7 Å². The molecule has 0 spiro atoms. The Morgan fingerprint density at radius 2 is 1.91 bits per heavy atom. The lowest BCUT2D eigenvalue weighted by Crippen LogP contribution is -2.49. The summed E-state index contributed by atoms with van der Waals surface area (Å²) in [7, 11) is 0. The molecule has 22 heavy (non-hydrogen) atoms. The fraction of sp³-hybridized carbons (Fsp3) is 0.800. The molecule has 0 unspecified atom stereocenters. The van der Waals surface area contributed by atoms with Gasteiger partial charge in [-0.25, -0.2) is 0 Å². The minimum absolute atomic E-state index is 0.135. The van der Waals surface area contributed by atoms with Crippen molar-refractivity contribution in [1.82, 2.24) is 0 Å². The predicted molar refractivity (Wildman–Crippen MR) is 86.3 cm³/mol. The standard InChI is InChI=1S/C20H28O2/c1-12(21)16-6-7-17-15-5-4-13-10-14(22)11-20(13,3)18(15)8-9-19(16,17)2/h10,15-18H,4-9,11H2,1-3H3/t15-,16-,17-,18-,19-,20-/m1/s1. The van der Waals surface area contributed by atoms with E-state index >= 15 is 0 Å². The van der Waals surface area contributed by atoms with Gasteiger partial charge >= 0.3 is 0 Å². The Bertz CT molecular complexity index is 574. The fourth-order valence-electron chi connectivity index (χ4n) is 7.08. The number of Topliss-reactive ketones (excluding diaryl/α,β-unsaturated/α-hetero) is 1. The molecule has 0 aliphatic heterocycles. The number of rotatable bonds is 1. The molecule has 0 N–H and O–H groups in total. The highest BCUT2D eigenvalue weighted by molar-refractivity contribution is 5.94. The molecule has 4 rings (SSSR count). The van der Waals surface area contributed by atoms with E-state index in [2.05, 4.69) is 13.8 Å². The van der Waals surface area contributed by atoms with Gasteiger partial charge in [-0.15, -0.1) is 0 Å². The predicted octanol–water partition coefficient (Wildman–Crippen LogP) is 4.33. The van der Waals surface area contributed by atoms with Crippen molar-refractivity contribution in [3.05, 3.63) is 11.6 Å². The van der Waals surface area contributed by atoms with Gasteiger partial charge in [0.1, 0.15) is 5.78 Å². The van der Waals surface area contributed by atoms with E-state index in [4.69, 9.17) is 0 Å². The van der Waals surface area contributed by atoms with E-state index in [0.717, 1.165) is 25.2 Å². The normalized spacial score (nSPS) is 50.1. The van der Waals surface area contributed by atoms with Gasteiger partial charge < -0.3 is 0 Å². The van der Waals surface area contributed by atoms with Gasteiger partial charge in [0.05, 0.1) is 0 Å². The molecule has 3 fully saturated rings. The smallest absolute Gasteiger partial charge is 0.156 e. The lowest BCUT2D eigenvalue weighted by molar-refractivity contribution is -0.127. The van der Waals surface area contributed by atoms with Crippen LogP contribution >= 0.6 is 0 Å². The van der Waals surface area contributed by atoms with Gasteiger partial charge in [0, 0.05) is 12.3 Å². The lowest BCUT2D eigenvalue weighted by atomic mass is 9.48. The summed E-state index contributed by atoms with van der Waals surface area (Å²) in [6.07, 6.45) is 9.76. The van der Waals surface area contributed by atoms with Crippen LogP contribution in [-0.2, 0) is 9.59 Å². The number of hydrogen-bond donors (Lipinski definition) is 0. The molecular weight excluding hydrogens is 272 g/mol. The molecule has 6 atom stereocenters. The molecule has 3 saturated carbocycles. The van der Waals surface area contributed by atoms with Crippen LogP contribution in [0.3, 0.4) is 0 Å². The number of fused-ring (bicyclic) bond motifs is 5. The first-order chi connectivity index (χ1) is 10.4. The molecule has 0 aromatic carbocycles. The summed E-state index contributed by atoms with van der Waals surface area (Å²) in [6.45, 7) is 6.53. The molecule has 0 aromatic rings. The highest BCUT2D eigenvalue weighted by atomic mass is 16.1. The molecule has 0 bridgehead atoms. The highest BCUT2D eigenvalue weighted by Crippen LogP contribution is 2.66. The van der Waals surface area contributed by atoms with Crippen LogP contribution < -0.4 is 0 Å². The van der Waals surface area contributed by atoms with Crippen molar-refractivity contribution in [1.29, 1.82) is 0 Å². The van der Waals surface area contributed by atoms with E-state index < -0.39 is 0 Å². The van der Waals surface area contributed by atoms with E-state index in [1.807, 2.05) is 6.08 Å². The molecule has 2 nitrogen and oxygen atoms in total. The first kappa shape index (κ1) is 14.7. The summed E-state index contributed by atoms with van der Waals surface area (Å²) in [6, 6.07) is 0. The molecule has 0 amide bonds. The second kappa shape index (κ2) is 4.55. The number of ketones is 2. The van der Waals surface area contributed by atoms with Crippen LogP contribution in [-0.4, -0.2) is 11.6 Å². The van der Waals surface area contributed by atoms with Crippen LogP contribution in [0, 0.1) is 34.5 Å². The Hall–Kier alpha value is -0.920. The lowest BCUT2D eigenvalue weighted by Gasteiger charge is -2.56. The summed E-state index contributed by atoms with van der Waals surface area (Å²) in [4.78, 5) is 24.1. The minimum Gasteiger partial charge on any atom is -0.300 e. The quantitative estimate of drug-likeness (QED) is 0.722. The number of carbonyl (C=O) groups excluding carboxylic acids is 2. The Labute approximate surface area is 133 Å². The maximum Gasteiger partial charge on any atom is 0.156 e. The van der Waals surface area contributed by atoms with E-state index in [1.54, 1.807) is 6.92 Å². The van der Waals surface area contributed by atoms with Crippen LogP contribution in [0.1, 0.15) is 65.7 Å². The molecule has 0 saturated heterocycles. The SMILES string of the molecule is CC(=O)[C@H]1CC[C@@H]2[C@H]3CCC4=CC(=O)C[C@@]4(C)[C@@H]3CC[C@]12C. The number of carbonyl (C=O) groups is 2. The van der Waals surface area contributed by atoms with Gasteiger partial charge in [-0.1, -0.05) is 19.4 Å². The monoisotopic (exact) mass is 300 g/mol. The average Bonchev–Trinajstić information content (AvgIpc) is 2.93. The van der Waals surface area contributed by atoms with Crippen LogP contribution in [0.25, 0.3) is 0 Å². The molecular formula is C20H28O2. The second-order valence-electron chi connectivity index (χ2n) is 8.93. The van der Waals surface area contributed by atoms with Crippen molar-refractivity contribution < 1.29 is 9.59 Å². The summed E-state index contributed by atoms with van der Waals surface area (Å²) < 4.78 is 0. The second-order valence-corrected chi connectivity index (χ2v) is 8.93.